The summed E-state index contributed by atoms with van der Waals surface area (Å²) in [6, 6.07) is 11.0. The van der Waals surface area contributed by atoms with Gasteiger partial charge in [0, 0.05) is 12.2 Å². The first-order chi connectivity index (χ1) is 12.8. The molecule has 0 spiro atoms. The molecule has 0 aromatic heterocycles. The standard InChI is InChI=1S/C19H20FNO5S/c1-3-21(15-11-9-14(20)10-12-15)18(22)13-26-19(23)16-7-5-6-8-17(16)27(24,25)4-2/h5-12H,3-4,13H2,1-2H3. The van der Waals surface area contributed by atoms with Gasteiger partial charge in [-0.15, -0.1) is 0 Å². The lowest BCUT2D eigenvalue weighted by Crippen LogP contribution is -2.34. The molecule has 0 unspecified atom stereocenters. The number of ether oxygens (including phenoxy) is 1. The van der Waals surface area contributed by atoms with E-state index in [4.69, 9.17) is 4.74 Å². The number of amides is 1. The average molecular weight is 393 g/mol. The number of benzene rings is 2. The topological polar surface area (TPSA) is 80.8 Å². The van der Waals surface area contributed by atoms with Gasteiger partial charge in [-0.25, -0.2) is 17.6 Å². The number of halogens is 1. The van der Waals surface area contributed by atoms with Crippen molar-refractivity contribution in [3.8, 4) is 0 Å². The maximum absolute atomic E-state index is 13.0. The Morgan fingerprint density at radius 1 is 1.04 bits per heavy atom. The molecule has 0 heterocycles. The van der Waals surface area contributed by atoms with Gasteiger partial charge in [0.2, 0.25) is 0 Å². The van der Waals surface area contributed by atoms with E-state index in [1.54, 1.807) is 6.92 Å². The number of nitrogens with zero attached hydrogens (tertiary/aromatic N) is 1. The van der Waals surface area contributed by atoms with E-state index >= 15 is 0 Å². The van der Waals surface area contributed by atoms with E-state index in [1.165, 1.54) is 60.4 Å². The molecule has 1 amide bonds. The van der Waals surface area contributed by atoms with Gasteiger partial charge in [0.05, 0.1) is 16.2 Å². The largest absolute Gasteiger partial charge is 0.452 e. The molecule has 0 aliphatic carbocycles. The van der Waals surface area contributed by atoms with Crippen LogP contribution in [0.1, 0.15) is 24.2 Å². The quantitative estimate of drug-likeness (QED) is 0.676. The fourth-order valence-electron chi connectivity index (χ4n) is 2.47. The van der Waals surface area contributed by atoms with Crippen molar-refractivity contribution in [3.05, 3.63) is 59.9 Å². The molecule has 0 atom stereocenters. The third-order valence-corrected chi connectivity index (χ3v) is 5.69. The highest BCUT2D eigenvalue weighted by molar-refractivity contribution is 7.91. The van der Waals surface area contributed by atoms with Gasteiger partial charge in [-0.1, -0.05) is 19.1 Å². The zero-order valence-corrected chi connectivity index (χ0v) is 15.8. The highest BCUT2D eigenvalue weighted by atomic mass is 32.2. The lowest BCUT2D eigenvalue weighted by molar-refractivity contribution is -0.121. The Morgan fingerprint density at radius 3 is 2.26 bits per heavy atom. The molecule has 0 saturated carbocycles. The van der Waals surface area contributed by atoms with Crippen LogP contribution < -0.4 is 4.90 Å². The van der Waals surface area contributed by atoms with E-state index < -0.39 is 34.1 Å². The molecule has 27 heavy (non-hydrogen) atoms. The van der Waals surface area contributed by atoms with Crippen molar-refractivity contribution in [1.29, 1.82) is 0 Å². The second kappa shape index (κ2) is 8.77. The smallest absolute Gasteiger partial charge is 0.339 e. The summed E-state index contributed by atoms with van der Waals surface area (Å²) in [4.78, 5) is 25.9. The van der Waals surface area contributed by atoms with E-state index in [0.29, 0.717) is 12.2 Å². The summed E-state index contributed by atoms with van der Waals surface area (Å²) < 4.78 is 42.3. The summed E-state index contributed by atoms with van der Waals surface area (Å²) >= 11 is 0. The van der Waals surface area contributed by atoms with Gasteiger partial charge in [0.1, 0.15) is 5.82 Å². The van der Waals surface area contributed by atoms with Crippen molar-refractivity contribution in [2.24, 2.45) is 0 Å². The fourth-order valence-corrected chi connectivity index (χ4v) is 3.55. The fraction of sp³-hybridized carbons (Fsp3) is 0.263. The van der Waals surface area contributed by atoms with Crippen LogP contribution in [-0.2, 0) is 19.4 Å². The molecule has 8 heteroatoms. The summed E-state index contributed by atoms with van der Waals surface area (Å²) in [5.41, 5.74) is 0.353. The number of carbonyl (C=O) groups excluding carboxylic acids is 2. The summed E-state index contributed by atoms with van der Waals surface area (Å²) in [5.74, 6) is -1.99. The Hall–Kier alpha value is -2.74. The molecule has 2 rings (SSSR count). The van der Waals surface area contributed by atoms with Crippen molar-refractivity contribution < 1.29 is 27.1 Å². The van der Waals surface area contributed by atoms with Gasteiger partial charge in [-0.05, 0) is 43.3 Å². The highest BCUT2D eigenvalue weighted by Crippen LogP contribution is 2.19. The first-order valence-corrected chi connectivity index (χ1v) is 10.00. The molecule has 0 radical (unpaired) electrons. The van der Waals surface area contributed by atoms with Gasteiger partial charge in [-0.2, -0.15) is 0 Å². The van der Waals surface area contributed by atoms with Crippen molar-refractivity contribution >= 4 is 27.4 Å². The van der Waals surface area contributed by atoms with E-state index in [1.807, 2.05) is 0 Å². The van der Waals surface area contributed by atoms with Gasteiger partial charge in [0.15, 0.2) is 16.4 Å². The zero-order chi connectivity index (χ0) is 20.0. The lowest BCUT2D eigenvalue weighted by Gasteiger charge is -2.21. The molecule has 144 valence electrons. The molecular weight excluding hydrogens is 373 g/mol. The van der Waals surface area contributed by atoms with Gasteiger partial charge >= 0.3 is 5.97 Å². The average Bonchev–Trinajstić information content (AvgIpc) is 2.68. The third-order valence-electron chi connectivity index (χ3n) is 3.90. The molecule has 2 aromatic carbocycles. The van der Waals surface area contributed by atoms with Crippen molar-refractivity contribution in [2.45, 2.75) is 18.7 Å². The number of esters is 1. The van der Waals surface area contributed by atoms with Crippen LogP contribution in [-0.4, -0.2) is 39.2 Å². The van der Waals surface area contributed by atoms with Crippen LogP contribution in [0.2, 0.25) is 0 Å². The Balaban J connectivity index is 2.13. The van der Waals surface area contributed by atoms with Gasteiger partial charge in [-0.3, -0.25) is 4.79 Å². The summed E-state index contributed by atoms with van der Waals surface area (Å²) in [6.45, 7) is 2.93. The maximum Gasteiger partial charge on any atom is 0.339 e. The van der Waals surface area contributed by atoms with Crippen LogP contribution in [0.3, 0.4) is 0 Å². The Kier molecular flexibility index (Phi) is 6.68. The van der Waals surface area contributed by atoms with Gasteiger partial charge < -0.3 is 9.64 Å². The minimum absolute atomic E-state index is 0.114. The first kappa shape index (κ1) is 20.6. The number of carbonyl (C=O) groups is 2. The number of hydrogen-bond acceptors (Lipinski definition) is 5. The monoisotopic (exact) mass is 393 g/mol. The maximum atomic E-state index is 13.0. The highest BCUT2D eigenvalue weighted by Gasteiger charge is 2.23. The van der Waals surface area contributed by atoms with E-state index in [2.05, 4.69) is 0 Å². The van der Waals surface area contributed by atoms with E-state index in [0.717, 1.165) is 0 Å². The summed E-state index contributed by atoms with van der Waals surface area (Å²) in [6.07, 6.45) is 0. The number of sulfone groups is 1. The van der Waals surface area contributed by atoms with Crippen LogP contribution in [0.5, 0.6) is 0 Å². The summed E-state index contributed by atoms with van der Waals surface area (Å²) in [5, 5.41) is 0. The van der Waals surface area contributed by atoms with Crippen molar-refractivity contribution in [3.63, 3.8) is 0 Å². The second-order valence-electron chi connectivity index (χ2n) is 5.59. The van der Waals surface area contributed by atoms with Crippen LogP contribution in [0.15, 0.2) is 53.4 Å². The number of likely N-dealkylation sites (N-methyl/N-ethyl adjacent to an activating group) is 1. The second-order valence-corrected chi connectivity index (χ2v) is 7.84. The van der Waals surface area contributed by atoms with Crippen LogP contribution in [0.4, 0.5) is 10.1 Å². The Labute approximate surface area is 157 Å². The zero-order valence-electron chi connectivity index (χ0n) is 15.0. The van der Waals surface area contributed by atoms with Crippen LogP contribution >= 0.6 is 0 Å². The molecule has 0 fully saturated rings. The first-order valence-electron chi connectivity index (χ1n) is 8.35. The molecule has 2 aromatic rings. The third kappa shape index (κ3) is 4.91. The lowest BCUT2D eigenvalue weighted by atomic mass is 10.2. The van der Waals surface area contributed by atoms with Crippen LogP contribution in [0, 0.1) is 5.82 Å². The van der Waals surface area contributed by atoms with Gasteiger partial charge in [0.25, 0.3) is 5.91 Å². The normalized spacial score (nSPS) is 11.1. The predicted octanol–water partition coefficient (Wildman–Crippen LogP) is 2.83. The molecule has 0 N–H and O–H groups in total. The molecule has 6 nitrogen and oxygen atoms in total. The Morgan fingerprint density at radius 2 is 1.67 bits per heavy atom. The SMILES string of the molecule is CCN(C(=O)COC(=O)c1ccccc1S(=O)(=O)CC)c1ccc(F)cc1. The minimum Gasteiger partial charge on any atom is -0.452 e. The molecule has 0 aliphatic rings. The van der Waals surface area contributed by atoms with E-state index in [-0.39, 0.29) is 16.2 Å². The van der Waals surface area contributed by atoms with E-state index in [9.17, 15) is 22.4 Å². The summed E-state index contributed by atoms with van der Waals surface area (Å²) in [7, 11) is -3.61. The molecule has 0 aliphatic heterocycles. The van der Waals surface area contributed by atoms with Crippen molar-refractivity contribution in [1.82, 2.24) is 0 Å². The minimum atomic E-state index is -3.61. The predicted molar refractivity (Wildman–Crippen MR) is 98.9 cm³/mol. The Bertz CT molecular complexity index is 925. The molecule has 0 bridgehead atoms. The van der Waals surface area contributed by atoms with Crippen molar-refractivity contribution in [2.75, 3.05) is 23.8 Å². The number of rotatable bonds is 7. The number of hydrogen-bond donors (Lipinski definition) is 0. The molecular formula is C19H20FNO5S. The number of anilines is 1. The van der Waals surface area contributed by atoms with Crippen LogP contribution in [0.25, 0.3) is 0 Å². The molecule has 0 saturated heterocycles.